The van der Waals surface area contributed by atoms with E-state index in [2.05, 4.69) is 22.4 Å². The SMILES string of the molecule is CCCCC(N)C(=O)Nc1cccc(-c2nncn2C)c1. The first-order chi connectivity index (χ1) is 10.1. The lowest BCUT2D eigenvalue weighted by Gasteiger charge is -2.12. The Morgan fingerprint density at radius 1 is 1.48 bits per heavy atom. The largest absolute Gasteiger partial charge is 0.325 e. The van der Waals surface area contributed by atoms with Crippen molar-refractivity contribution in [2.75, 3.05) is 5.32 Å². The Hall–Kier alpha value is -2.21. The van der Waals surface area contributed by atoms with Crippen molar-refractivity contribution in [3.05, 3.63) is 30.6 Å². The van der Waals surface area contributed by atoms with Crippen molar-refractivity contribution in [1.82, 2.24) is 14.8 Å². The molecule has 1 amide bonds. The van der Waals surface area contributed by atoms with Crippen LogP contribution in [0.15, 0.2) is 30.6 Å². The van der Waals surface area contributed by atoms with Gasteiger partial charge in [-0.1, -0.05) is 31.9 Å². The van der Waals surface area contributed by atoms with Gasteiger partial charge in [-0.15, -0.1) is 10.2 Å². The third-order valence-electron chi connectivity index (χ3n) is 3.31. The van der Waals surface area contributed by atoms with Gasteiger partial charge in [-0.25, -0.2) is 0 Å². The van der Waals surface area contributed by atoms with E-state index in [0.717, 1.165) is 24.2 Å². The second kappa shape index (κ2) is 6.99. The van der Waals surface area contributed by atoms with Gasteiger partial charge in [0.1, 0.15) is 6.33 Å². The predicted octanol–water partition coefficient (Wildman–Crippen LogP) is 1.94. The van der Waals surface area contributed by atoms with Crippen LogP contribution in [0.5, 0.6) is 0 Å². The molecule has 0 fully saturated rings. The molecule has 1 aromatic heterocycles. The van der Waals surface area contributed by atoms with Gasteiger partial charge in [0.2, 0.25) is 5.91 Å². The Bertz CT molecular complexity index is 608. The van der Waals surface area contributed by atoms with Gasteiger partial charge in [0.15, 0.2) is 5.82 Å². The normalized spacial score (nSPS) is 12.1. The molecule has 0 saturated heterocycles. The molecule has 0 saturated carbocycles. The highest BCUT2D eigenvalue weighted by Crippen LogP contribution is 2.20. The molecule has 0 aliphatic rings. The zero-order valence-electron chi connectivity index (χ0n) is 12.4. The molecule has 1 unspecified atom stereocenters. The van der Waals surface area contributed by atoms with E-state index in [4.69, 9.17) is 5.73 Å². The maximum atomic E-state index is 12.0. The molecule has 0 radical (unpaired) electrons. The van der Waals surface area contributed by atoms with Crippen LogP contribution >= 0.6 is 0 Å². The molecular formula is C15H21N5O. The number of carbonyl (C=O) groups excluding carboxylic acids is 1. The number of nitrogens with zero attached hydrogens (tertiary/aromatic N) is 3. The number of aryl methyl sites for hydroxylation is 1. The van der Waals surface area contributed by atoms with Crippen LogP contribution < -0.4 is 11.1 Å². The van der Waals surface area contributed by atoms with Crippen molar-refractivity contribution in [2.45, 2.75) is 32.2 Å². The van der Waals surface area contributed by atoms with E-state index in [1.165, 1.54) is 0 Å². The zero-order chi connectivity index (χ0) is 15.2. The maximum Gasteiger partial charge on any atom is 0.241 e. The third kappa shape index (κ3) is 3.88. The van der Waals surface area contributed by atoms with Crippen LogP contribution in [0.3, 0.4) is 0 Å². The van der Waals surface area contributed by atoms with E-state index in [9.17, 15) is 4.79 Å². The molecule has 112 valence electrons. The smallest absolute Gasteiger partial charge is 0.241 e. The Labute approximate surface area is 124 Å². The molecule has 2 aromatic rings. The Balaban J connectivity index is 2.08. The first-order valence-corrected chi connectivity index (χ1v) is 7.12. The summed E-state index contributed by atoms with van der Waals surface area (Å²) in [6.45, 7) is 2.08. The number of hydrogen-bond donors (Lipinski definition) is 2. The van der Waals surface area contributed by atoms with Crippen molar-refractivity contribution >= 4 is 11.6 Å². The molecule has 0 aliphatic heterocycles. The van der Waals surface area contributed by atoms with Crippen molar-refractivity contribution in [1.29, 1.82) is 0 Å². The summed E-state index contributed by atoms with van der Waals surface area (Å²) in [5.41, 5.74) is 7.48. The summed E-state index contributed by atoms with van der Waals surface area (Å²) in [4.78, 5) is 12.0. The molecule has 1 atom stereocenters. The number of benzene rings is 1. The molecular weight excluding hydrogens is 266 g/mol. The fourth-order valence-electron chi connectivity index (χ4n) is 2.07. The van der Waals surface area contributed by atoms with Gasteiger partial charge < -0.3 is 15.6 Å². The van der Waals surface area contributed by atoms with Crippen molar-refractivity contribution in [3.63, 3.8) is 0 Å². The molecule has 2 rings (SSSR count). The second-order valence-corrected chi connectivity index (χ2v) is 5.08. The third-order valence-corrected chi connectivity index (χ3v) is 3.31. The average molecular weight is 287 g/mol. The van der Waals surface area contributed by atoms with E-state index in [-0.39, 0.29) is 5.91 Å². The molecule has 0 spiro atoms. The van der Waals surface area contributed by atoms with Gasteiger partial charge in [0.25, 0.3) is 0 Å². The second-order valence-electron chi connectivity index (χ2n) is 5.08. The number of nitrogens with two attached hydrogens (primary N) is 1. The Kier molecular flexibility index (Phi) is 5.05. The molecule has 0 aliphatic carbocycles. The van der Waals surface area contributed by atoms with Gasteiger partial charge in [-0.05, 0) is 18.6 Å². The summed E-state index contributed by atoms with van der Waals surface area (Å²) in [5.74, 6) is 0.597. The van der Waals surface area contributed by atoms with Crippen LogP contribution in [0.4, 0.5) is 5.69 Å². The number of amides is 1. The number of unbranched alkanes of at least 4 members (excludes halogenated alkanes) is 1. The number of rotatable bonds is 6. The van der Waals surface area contributed by atoms with Crippen LogP contribution in [0, 0.1) is 0 Å². The minimum absolute atomic E-state index is 0.154. The minimum atomic E-state index is -0.469. The van der Waals surface area contributed by atoms with Crippen LogP contribution in [0.25, 0.3) is 11.4 Å². The molecule has 3 N–H and O–H groups in total. The summed E-state index contributed by atoms with van der Waals surface area (Å²) in [6.07, 6.45) is 4.32. The fraction of sp³-hybridized carbons (Fsp3) is 0.400. The number of aromatic nitrogens is 3. The Morgan fingerprint density at radius 3 is 2.95 bits per heavy atom. The first-order valence-electron chi connectivity index (χ1n) is 7.12. The lowest BCUT2D eigenvalue weighted by molar-refractivity contribution is -0.117. The highest BCUT2D eigenvalue weighted by Gasteiger charge is 2.13. The van der Waals surface area contributed by atoms with Crippen LogP contribution in [-0.2, 0) is 11.8 Å². The van der Waals surface area contributed by atoms with Gasteiger partial charge in [-0.2, -0.15) is 0 Å². The molecule has 0 bridgehead atoms. The maximum absolute atomic E-state index is 12.0. The molecule has 1 heterocycles. The van der Waals surface area contributed by atoms with Gasteiger partial charge >= 0.3 is 0 Å². The molecule has 1 aromatic carbocycles. The number of hydrogen-bond acceptors (Lipinski definition) is 4. The van der Waals surface area contributed by atoms with E-state index < -0.39 is 6.04 Å². The monoisotopic (exact) mass is 287 g/mol. The van der Waals surface area contributed by atoms with Crippen molar-refractivity contribution in [3.8, 4) is 11.4 Å². The first kappa shape index (κ1) is 15.2. The molecule has 6 nitrogen and oxygen atoms in total. The van der Waals surface area contributed by atoms with E-state index in [1.54, 1.807) is 6.33 Å². The zero-order valence-corrected chi connectivity index (χ0v) is 12.4. The molecule has 21 heavy (non-hydrogen) atoms. The standard InChI is InChI=1S/C15H21N5O/c1-3-4-8-13(16)15(21)18-12-7-5-6-11(9-12)14-19-17-10-20(14)2/h5-7,9-10,13H,3-4,8,16H2,1-2H3,(H,18,21). The van der Waals surface area contributed by atoms with Crippen LogP contribution in [0.2, 0.25) is 0 Å². The summed E-state index contributed by atoms with van der Waals surface area (Å²) >= 11 is 0. The lowest BCUT2D eigenvalue weighted by Crippen LogP contribution is -2.35. The average Bonchev–Trinajstić information content (AvgIpc) is 2.91. The summed E-state index contributed by atoms with van der Waals surface area (Å²) in [7, 11) is 1.88. The van der Waals surface area contributed by atoms with Gasteiger partial charge in [0.05, 0.1) is 6.04 Å². The minimum Gasteiger partial charge on any atom is -0.325 e. The van der Waals surface area contributed by atoms with E-state index in [1.807, 2.05) is 35.9 Å². The Morgan fingerprint density at radius 2 is 2.29 bits per heavy atom. The fourth-order valence-corrected chi connectivity index (χ4v) is 2.07. The topological polar surface area (TPSA) is 85.8 Å². The van der Waals surface area contributed by atoms with Gasteiger partial charge in [-0.3, -0.25) is 4.79 Å². The van der Waals surface area contributed by atoms with Crippen molar-refractivity contribution in [2.24, 2.45) is 12.8 Å². The molecule has 6 heteroatoms. The van der Waals surface area contributed by atoms with Gasteiger partial charge in [0, 0.05) is 18.3 Å². The quantitative estimate of drug-likeness (QED) is 0.850. The van der Waals surface area contributed by atoms with E-state index in [0.29, 0.717) is 12.1 Å². The number of nitrogens with one attached hydrogen (secondary N) is 1. The summed E-state index contributed by atoms with van der Waals surface area (Å²) < 4.78 is 1.83. The van der Waals surface area contributed by atoms with E-state index >= 15 is 0 Å². The highest BCUT2D eigenvalue weighted by molar-refractivity contribution is 5.95. The number of anilines is 1. The number of carbonyl (C=O) groups is 1. The van der Waals surface area contributed by atoms with Crippen molar-refractivity contribution < 1.29 is 4.79 Å². The predicted molar refractivity (Wildman–Crippen MR) is 82.6 cm³/mol. The summed E-state index contributed by atoms with van der Waals surface area (Å²) in [5, 5.41) is 10.8. The lowest BCUT2D eigenvalue weighted by atomic mass is 10.1. The highest BCUT2D eigenvalue weighted by atomic mass is 16.2. The van der Waals surface area contributed by atoms with Crippen LogP contribution in [0.1, 0.15) is 26.2 Å². The summed E-state index contributed by atoms with van der Waals surface area (Å²) in [6, 6.07) is 7.04. The van der Waals surface area contributed by atoms with Crippen LogP contribution in [-0.4, -0.2) is 26.7 Å².